The lowest BCUT2D eigenvalue weighted by molar-refractivity contribution is 0.184. The van der Waals surface area contributed by atoms with Crippen molar-refractivity contribution in [3.63, 3.8) is 0 Å². The van der Waals surface area contributed by atoms with E-state index in [4.69, 9.17) is 11.6 Å². The molecule has 1 aromatic carbocycles. The topological polar surface area (TPSA) is 74.5 Å². The van der Waals surface area contributed by atoms with Crippen LogP contribution in [0.3, 0.4) is 0 Å². The summed E-state index contributed by atoms with van der Waals surface area (Å²) in [5.41, 5.74) is 2.34. The molecule has 2 aromatic heterocycles. The van der Waals surface area contributed by atoms with Gasteiger partial charge < -0.3 is 20.3 Å². The summed E-state index contributed by atoms with van der Waals surface area (Å²) < 4.78 is 2.71. The molecule has 0 radical (unpaired) electrons. The molecule has 0 saturated carbocycles. The fraction of sp³-hybridized carbons (Fsp3) is 0.300. The van der Waals surface area contributed by atoms with Crippen LogP contribution in [0.1, 0.15) is 29.0 Å². The van der Waals surface area contributed by atoms with E-state index in [1.165, 1.54) is 16.9 Å². The standard InChI is InChI=1S/C20H24ClN5OS.HI/c1-2-23-20(25-12-17(27)18-7-8-19(21)28-18)24-11-15-3-5-16(6-4-15)13-26-10-9-22-14-26;/h3-10,14,17,27H,2,11-13H2,1H3,(H2,23,24,25);1H. The monoisotopic (exact) mass is 545 g/mol. The third-order valence-electron chi connectivity index (χ3n) is 4.10. The van der Waals surface area contributed by atoms with Crippen LogP contribution in [0.2, 0.25) is 4.34 Å². The van der Waals surface area contributed by atoms with Gasteiger partial charge >= 0.3 is 0 Å². The van der Waals surface area contributed by atoms with E-state index in [2.05, 4.69) is 44.9 Å². The number of guanidine groups is 1. The van der Waals surface area contributed by atoms with Crippen molar-refractivity contribution in [1.29, 1.82) is 0 Å². The minimum atomic E-state index is -0.621. The van der Waals surface area contributed by atoms with Gasteiger partial charge in [-0.15, -0.1) is 35.3 Å². The molecule has 0 aliphatic carbocycles. The molecule has 1 unspecified atom stereocenters. The number of imidazole rings is 1. The molecule has 3 N–H and O–H groups in total. The highest BCUT2D eigenvalue weighted by molar-refractivity contribution is 14.0. The number of halogens is 2. The Morgan fingerprint density at radius 2 is 1.97 bits per heavy atom. The van der Waals surface area contributed by atoms with E-state index < -0.39 is 6.10 Å². The Morgan fingerprint density at radius 1 is 1.21 bits per heavy atom. The minimum absolute atomic E-state index is 0. The van der Waals surface area contributed by atoms with Crippen molar-refractivity contribution in [2.45, 2.75) is 26.1 Å². The molecule has 9 heteroatoms. The van der Waals surface area contributed by atoms with E-state index in [1.54, 1.807) is 12.3 Å². The minimum Gasteiger partial charge on any atom is -0.386 e. The summed E-state index contributed by atoms with van der Waals surface area (Å²) >= 11 is 7.31. The van der Waals surface area contributed by atoms with Crippen LogP contribution in [-0.2, 0) is 13.1 Å². The van der Waals surface area contributed by atoms with Gasteiger partial charge in [0.2, 0.25) is 0 Å². The summed E-state index contributed by atoms with van der Waals surface area (Å²) in [5, 5.41) is 16.7. The molecule has 0 saturated heterocycles. The number of nitrogens with zero attached hydrogens (tertiary/aromatic N) is 3. The van der Waals surface area contributed by atoms with Gasteiger partial charge in [0.15, 0.2) is 5.96 Å². The molecule has 29 heavy (non-hydrogen) atoms. The Bertz CT molecular complexity index is 883. The first-order valence-electron chi connectivity index (χ1n) is 9.13. The van der Waals surface area contributed by atoms with Crippen LogP contribution in [0.4, 0.5) is 0 Å². The Kier molecular flexibility index (Phi) is 9.92. The van der Waals surface area contributed by atoms with E-state index in [0.29, 0.717) is 23.4 Å². The van der Waals surface area contributed by atoms with Crippen LogP contribution in [0, 0.1) is 0 Å². The van der Waals surface area contributed by atoms with Crippen LogP contribution in [0.25, 0.3) is 0 Å². The average Bonchev–Trinajstić information content (AvgIpc) is 3.36. The number of benzene rings is 1. The van der Waals surface area contributed by atoms with E-state index in [-0.39, 0.29) is 24.0 Å². The highest BCUT2D eigenvalue weighted by Crippen LogP contribution is 2.26. The molecule has 3 rings (SSSR count). The number of rotatable bonds is 8. The number of aliphatic hydroxyl groups excluding tert-OH is 1. The summed E-state index contributed by atoms with van der Waals surface area (Å²) in [4.78, 5) is 9.50. The van der Waals surface area contributed by atoms with Gasteiger partial charge in [-0.25, -0.2) is 9.98 Å². The zero-order chi connectivity index (χ0) is 19.8. The van der Waals surface area contributed by atoms with Gasteiger partial charge in [0.05, 0.1) is 17.2 Å². The van der Waals surface area contributed by atoms with E-state index in [0.717, 1.165) is 23.5 Å². The lowest BCUT2D eigenvalue weighted by Crippen LogP contribution is -2.39. The van der Waals surface area contributed by atoms with Crippen molar-refractivity contribution in [2.24, 2.45) is 4.99 Å². The summed E-state index contributed by atoms with van der Waals surface area (Å²) in [5.74, 6) is 0.673. The highest BCUT2D eigenvalue weighted by atomic mass is 127. The Morgan fingerprint density at radius 3 is 2.59 bits per heavy atom. The predicted octanol–water partition coefficient (Wildman–Crippen LogP) is 4.05. The highest BCUT2D eigenvalue weighted by Gasteiger charge is 2.11. The maximum atomic E-state index is 10.3. The predicted molar refractivity (Wildman–Crippen MR) is 130 cm³/mol. The van der Waals surface area contributed by atoms with Gasteiger partial charge in [-0.3, -0.25) is 0 Å². The van der Waals surface area contributed by atoms with Crippen LogP contribution < -0.4 is 10.6 Å². The van der Waals surface area contributed by atoms with Crippen molar-refractivity contribution in [2.75, 3.05) is 13.1 Å². The number of nitrogens with one attached hydrogen (secondary N) is 2. The van der Waals surface area contributed by atoms with Gasteiger partial charge in [0, 0.05) is 36.9 Å². The molecular formula is C20H25ClIN5OS. The van der Waals surface area contributed by atoms with Crippen LogP contribution in [-0.4, -0.2) is 33.7 Å². The SMILES string of the molecule is CCNC(=NCc1ccc(Cn2ccnc2)cc1)NCC(O)c1ccc(Cl)s1.I. The van der Waals surface area contributed by atoms with Gasteiger partial charge in [-0.1, -0.05) is 35.9 Å². The molecule has 156 valence electrons. The van der Waals surface area contributed by atoms with Crippen molar-refractivity contribution < 1.29 is 5.11 Å². The number of hydrogen-bond donors (Lipinski definition) is 3. The van der Waals surface area contributed by atoms with Gasteiger partial charge in [-0.2, -0.15) is 0 Å². The second kappa shape index (κ2) is 12.2. The zero-order valence-electron chi connectivity index (χ0n) is 16.1. The Labute approximate surface area is 197 Å². The van der Waals surface area contributed by atoms with Crippen molar-refractivity contribution in [3.05, 3.63) is 75.5 Å². The van der Waals surface area contributed by atoms with Gasteiger partial charge in [0.25, 0.3) is 0 Å². The Hall–Kier alpha value is -1.62. The molecule has 0 aliphatic heterocycles. The summed E-state index contributed by atoms with van der Waals surface area (Å²) in [6.07, 6.45) is 4.92. The first-order valence-corrected chi connectivity index (χ1v) is 10.3. The van der Waals surface area contributed by atoms with Crippen LogP contribution in [0.5, 0.6) is 0 Å². The summed E-state index contributed by atoms with van der Waals surface area (Å²) in [6, 6.07) is 12.0. The molecule has 1 atom stereocenters. The second-order valence-corrected chi connectivity index (χ2v) is 8.03. The van der Waals surface area contributed by atoms with Crippen LogP contribution >= 0.6 is 46.9 Å². The normalized spacial score (nSPS) is 12.3. The first kappa shape index (κ1) is 23.7. The van der Waals surface area contributed by atoms with E-state index >= 15 is 0 Å². The van der Waals surface area contributed by atoms with Crippen molar-refractivity contribution in [1.82, 2.24) is 20.2 Å². The first-order chi connectivity index (χ1) is 13.6. The zero-order valence-corrected chi connectivity index (χ0v) is 20.0. The molecule has 0 bridgehead atoms. The smallest absolute Gasteiger partial charge is 0.191 e. The molecule has 3 aromatic rings. The number of hydrogen-bond acceptors (Lipinski definition) is 4. The number of aromatic nitrogens is 2. The lowest BCUT2D eigenvalue weighted by atomic mass is 10.1. The molecule has 6 nitrogen and oxygen atoms in total. The molecule has 0 spiro atoms. The average molecular weight is 546 g/mol. The maximum Gasteiger partial charge on any atom is 0.191 e. The summed E-state index contributed by atoms with van der Waals surface area (Å²) in [6.45, 7) is 4.49. The van der Waals surface area contributed by atoms with Crippen molar-refractivity contribution in [3.8, 4) is 0 Å². The number of aliphatic imine (C=N–C) groups is 1. The number of thiophene rings is 1. The molecule has 0 aliphatic rings. The second-order valence-electron chi connectivity index (χ2n) is 6.29. The fourth-order valence-electron chi connectivity index (χ4n) is 2.65. The molecular weight excluding hydrogens is 521 g/mol. The molecule has 2 heterocycles. The number of aliphatic hydroxyl groups is 1. The van der Waals surface area contributed by atoms with E-state index in [9.17, 15) is 5.11 Å². The largest absolute Gasteiger partial charge is 0.386 e. The fourth-order valence-corrected chi connectivity index (χ4v) is 3.70. The quantitative estimate of drug-likeness (QED) is 0.227. The molecule has 0 fully saturated rings. The third kappa shape index (κ3) is 7.61. The lowest BCUT2D eigenvalue weighted by Gasteiger charge is -2.14. The van der Waals surface area contributed by atoms with Crippen LogP contribution in [0.15, 0.2) is 60.1 Å². The van der Waals surface area contributed by atoms with Gasteiger partial charge in [-0.05, 0) is 30.2 Å². The van der Waals surface area contributed by atoms with Crippen molar-refractivity contribution >= 4 is 52.9 Å². The Balaban J connectivity index is 0.00000300. The van der Waals surface area contributed by atoms with Gasteiger partial charge in [0.1, 0.15) is 6.10 Å². The summed E-state index contributed by atoms with van der Waals surface area (Å²) in [7, 11) is 0. The third-order valence-corrected chi connectivity index (χ3v) is 5.43. The molecule has 0 amide bonds. The van der Waals surface area contributed by atoms with E-state index in [1.807, 2.05) is 30.1 Å². The maximum absolute atomic E-state index is 10.3.